The highest BCUT2D eigenvalue weighted by molar-refractivity contribution is 6.31. The summed E-state index contributed by atoms with van der Waals surface area (Å²) in [5.41, 5.74) is 7.94. The van der Waals surface area contributed by atoms with Gasteiger partial charge >= 0.3 is 0 Å². The molecule has 1 aliphatic rings. The van der Waals surface area contributed by atoms with Crippen LogP contribution in [0.1, 0.15) is 31.4 Å². The van der Waals surface area contributed by atoms with Gasteiger partial charge in [-0.1, -0.05) is 37.6 Å². The minimum absolute atomic E-state index is 0.553. The fourth-order valence-corrected chi connectivity index (χ4v) is 3.27. The molecule has 1 fully saturated rings. The number of nitrogens with zero attached hydrogens (tertiary/aromatic N) is 1. The van der Waals surface area contributed by atoms with Gasteiger partial charge in [-0.2, -0.15) is 0 Å². The predicted octanol–water partition coefficient (Wildman–Crippen LogP) is 3.28. The Hall–Kier alpha value is -0.570. The molecule has 2 N–H and O–H groups in total. The molecule has 0 bridgehead atoms. The molecule has 0 spiro atoms. The fourth-order valence-electron chi connectivity index (χ4n) is 3.01. The quantitative estimate of drug-likeness (QED) is 0.910. The molecule has 2 unspecified atom stereocenters. The van der Waals surface area contributed by atoms with Gasteiger partial charge in [0.2, 0.25) is 0 Å². The molecule has 1 aromatic rings. The third kappa shape index (κ3) is 3.47. The number of halogens is 1. The summed E-state index contributed by atoms with van der Waals surface area (Å²) in [4.78, 5) is 2.52. The van der Waals surface area contributed by atoms with Crippen molar-refractivity contribution in [1.82, 2.24) is 4.90 Å². The third-order valence-electron chi connectivity index (χ3n) is 3.69. The largest absolute Gasteiger partial charge is 0.326 e. The maximum atomic E-state index is 6.32. The van der Waals surface area contributed by atoms with Crippen LogP contribution in [0.25, 0.3) is 0 Å². The highest BCUT2D eigenvalue weighted by Crippen LogP contribution is 2.25. The molecule has 2 nitrogen and oxygen atoms in total. The summed E-state index contributed by atoms with van der Waals surface area (Å²) in [6, 6.07) is 6.19. The van der Waals surface area contributed by atoms with Crippen LogP contribution in [0.3, 0.4) is 0 Å². The van der Waals surface area contributed by atoms with E-state index in [2.05, 4.69) is 30.9 Å². The van der Waals surface area contributed by atoms with Crippen molar-refractivity contribution in [1.29, 1.82) is 0 Å². The Bertz CT molecular complexity index is 395. The van der Waals surface area contributed by atoms with Crippen LogP contribution in [0.2, 0.25) is 5.02 Å². The van der Waals surface area contributed by atoms with E-state index in [-0.39, 0.29) is 0 Å². The van der Waals surface area contributed by atoms with Gasteiger partial charge in [0.15, 0.2) is 0 Å². The van der Waals surface area contributed by atoms with Crippen LogP contribution >= 0.6 is 11.6 Å². The number of hydrogen-bond acceptors (Lipinski definition) is 2. The summed E-state index contributed by atoms with van der Waals surface area (Å²) in [7, 11) is 0. The molecule has 2 rings (SSSR count). The number of hydrogen-bond donors (Lipinski definition) is 1. The first-order valence-corrected chi connectivity index (χ1v) is 7.16. The van der Waals surface area contributed by atoms with Crippen molar-refractivity contribution < 1.29 is 0 Å². The molecular weight excluding hydrogens is 244 g/mol. The summed E-state index contributed by atoms with van der Waals surface area (Å²) in [6.07, 6.45) is 1.34. The lowest BCUT2D eigenvalue weighted by Gasteiger charge is -2.35. The first-order chi connectivity index (χ1) is 8.58. The molecule has 0 amide bonds. The summed E-state index contributed by atoms with van der Waals surface area (Å²) in [5, 5.41) is 0.851. The van der Waals surface area contributed by atoms with Crippen molar-refractivity contribution in [3.05, 3.63) is 34.3 Å². The van der Waals surface area contributed by atoms with Gasteiger partial charge in [-0.3, -0.25) is 4.90 Å². The number of nitrogens with two attached hydrogens (primary N) is 1. The molecule has 0 aliphatic carbocycles. The van der Waals surface area contributed by atoms with E-state index in [0.29, 0.717) is 6.54 Å². The van der Waals surface area contributed by atoms with E-state index in [1.807, 2.05) is 6.07 Å². The van der Waals surface area contributed by atoms with Crippen LogP contribution in [0, 0.1) is 11.8 Å². The first kappa shape index (κ1) is 13.9. The number of rotatable bonds is 3. The summed E-state index contributed by atoms with van der Waals surface area (Å²) in [5.74, 6) is 1.58. The van der Waals surface area contributed by atoms with Crippen LogP contribution in [-0.2, 0) is 13.1 Å². The molecule has 1 aliphatic heterocycles. The van der Waals surface area contributed by atoms with E-state index in [9.17, 15) is 0 Å². The van der Waals surface area contributed by atoms with Crippen molar-refractivity contribution in [2.45, 2.75) is 33.4 Å². The van der Waals surface area contributed by atoms with Gasteiger partial charge in [-0.15, -0.1) is 0 Å². The van der Waals surface area contributed by atoms with Crippen molar-refractivity contribution in [3.63, 3.8) is 0 Å². The Morgan fingerprint density at radius 3 is 2.50 bits per heavy atom. The molecule has 2 atom stereocenters. The summed E-state index contributed by atoms with van der Waals surface area (Å²) < 4.78 is 0. The Labute approximate surface area is 115 Å². The van der Waals surface area contributed by atoms with Gasteiger partial charge in [-0.05, 0) is 35.4 Å². The second kappa shape index (κ2) is 6.05. The van der Waals surface area contributed by atoms with Gasteiger partial charge in [0.25, 0.3) is 0 Å². The standard InChI is InChI=1S/C15H23ClN2/c1-11-5-12(2)9-18(8-11)10-14-4-3-13(7-17)6-15(14)16/h3-4,6,11-12H,5,7-10,17H2,1-2H3. The molecule has 18 heavy (non-hydrogen) atoms. The van der Waals surface area contributed by atoms with Gasteiger partial charge in [0.1, 0.15) is 0 Å². The van der Waals surface area contributed by atoms with E-state index in [1.165, 1.54) is 25.1 Å². The molecule has 100 valence electrons. The van der Waals surface area contributed by atoms with E-state index in [0.717, 1.165) is 29.0 Å². The van der Waals surface area contributed by atoms with Crippen molar-refractivity contribution in [3.8, 4) is 0 Å². The summed E-state index contributed by atoms with van der Waals surface area (Å²) in [6.45, 7) is 8.54. The monoisotopic (exact) mass is 266 g/mol. The lowest BCUT2D eigenvalue weighted by Crippen LogP contribution is -2.38. The zero-order valence-electron chi connectivity index (χ0n) is 11.3. The fraction of sp³-hybridized carbons (Fsp3) is 0.600. The Morgan fingerprint density at radius 1 is 1.28 bits per heavy atom. The number of likely N-dealkylation sites (tertiary alicyclic amines) is 1. The molecule has 1 aromatic carbocycles. The zero-order chi connectivity index (χ0) is 13.1. The van der Waals surface area contributed by atoms with Crippen molar-refractivity contribution in [2.75, 3.05) is 13.1 Å². The Morgan fingerprint density at radius 2 is 1.94 bits per heavy atom. The van der Waals surface area contributed by atoms with Gasteiger partial charge < -0.3 is 5.73 Å². The first-order valence-electron chi connectivity index (χ1n) is 6.78. The highest BCUT2D eigenvalue weighted by Gasteiger charge is 2.22. The molecule has 0 aromatic heterocycles. The molecule has 1 heterocycles. The van der Waals surface area contributed by atoms with E-state index < -0.39 is 0 Å². The van der Waals surface area contributed by atoms with E-state index >= 15 is 0 Å². The minimum atomic E-state index is 0.553. The maximum absolute atomic E-state index is 6.32. The predicted molar refractivity (Wildman–Crippen MR) is 77.6 cm³/mol. The van der Waals surface area contributed by atoms with Crippen LogP contribution in [-0.4, -0.2) is 18.0 Å². The van der Waals surface area contributed by atoms with Gasteiger partial charge in [0.05, 0.1) is 0 Å². The molecule has 3 heteroatoms. The SMILES string of the molecule is CC1CC(C)CN(Cc2ccc(CN)cc2Cl)C1. The molecular formula is C15H23ClN2. The van der Waals surface area contributed by atoms with Gasteiger partial charge in [-0.25, -0.2) is 0 Å². The van der Waals surface area contributed by atoms with E-state index in [4.69, 9.17) is 17.3 Å². The van der Waals surface area contributed by atoms with Crippen molar-refractivity contribution in [2.24, 2.45) is 17.6 Å². The van der Waals surface area contributed by atoms with Crippen LogP contribution in [0.4, 0.5) is 0 Å². The second-order valence-corrected chi connectivity index (χ2v) is 6.18. The van der Waals surface area contributed by atoms with E-state index in [1.54, 1.807) is 0 Å². The van der Waals surface area contributed by atoms with Crippen molar-refractivity contribution >= 4 is 11.6 Å². The molecule has 0 radical (unpaired) electrons. The minimum Gasteiger partial charge on any atom is -0.326 e. The molecule has 1 saturated heterocycles. The Balaban J connectivity index is 2.04. The Kier molecular flexibility index (Phi) is 4.66. The molecule has 0 saturated carbocycles. The normalized spacial score (nSPS) is 25.3. The maximum Gasteiger partial charge on any atom is 0.0454 e. The highest BCUT2D eigenvalue weighted by atomic mass is 35.5. The topological polar surface area (TPSA) is 29.3 Å². The van der Waals surface area contributed by atoms with Crippen LogP contribution in [0.15, 0.2) is 18.2 Å². The average Bonchev–Trinajstić information content (AvgIpc) is 2.30. The lowest BCUT2D eigenvalue weighted by molar-refractivity contribution is 0.134. The second-order valence-electron chi connectivity index (χ2n) is 5.77. The average molecular weight is 267 g/mol. The van der Waals surface area contributed by atoms with Crippen LogP contribution in [0.5, 0.6) is 0 Å². The summed E-state index contributed by atoms with van der Waals surface area (Å²) >= 11 is 6.32. The van der Waals surface area contributed by atoms with Crippen LogP contribution < -0.4 is 5.73 Å². The van der Waals surface area contributed by atoms with Gasteiger partial charge in [0, 0.05) is 31.2 Å². The number of piperidine rings is 1. The smallest absolute Gasteiger partial charge is 0.0454 e. The zero-order valence-corrected chi connectivity index (χ0v) is 12.1. The lowest BCUT2D eigenvalue weighted by atomic mass is 9.91. The number of benzene rings is 1. The third-order valence-corrected chi connectivity index (χ3v) is 4.04.